The fourth-order valence-electron chi connectivity index (χ4n) is 1.55. The predicted octanol–water partition coefficient (Wildman–Crippen LogP) is 4.14. The van der Waals surface area contributed by atoms with Gasteiger partial charge in [-0.05, 0) is 30.0 Å². The first-order valence-corrected chi connectivity index (χ1v) is 6.50. The van der Waals surface area contributed by atoms with Crippen LogP contribution in [0.5, 0.6) is 0 Å². The summed E-state index contributed by atoms with van der Waals surface area (Å²) in [4.78, 5) is 4.27. The zero-order valence-electron chi connectivity index (χ0n) is 10.1. The van der Waals surface area contributed by atoms with Crippen molar-refractivity contribution in [3.63, 3.8) is 0 Å². The Morgan fingerprint density at radius 3 is 2.88 bits per heavy atom. The minimum absolute atomic E-state index is 0.390. The molecule has 0 saturated carbocycles. The van der Waals surface area contributed by atoms with E-state index in [0.29, 0.717) is 5.41 Å². The monoisotopic (exact) mass is 234 g/mol. The average molecular weight is 234 g/mol. The van der Waals surface area contributed by atoms with Crippen LogP contribution in [0.15, 0.2) is 23.7 Å². The molecule has 2 aromatic rings. The highest BCUT2D eigenvalue weighted by Crippen LogP contribution is 2.23. The van der Waals surface area contributed by atoms with Gasteiger partial charge >= 0.3 is 0 Å². The third-order valence-electron chi connectivity index (χ3n) is 2.54. The van der Waals surface area contributed by atoms with Crippen LogP contribution in [0.3, 0.4) is 0 Å². The normalized spacial score (nSPS) is 11.9. The van der Waals surface area contributed by atoms with Gasteiger partial charge < -0.3 is 5.32 Å². The van der Waals surface area contributed by atoms with Crippen LogP contribution in [0.2, 0.25) is 0 Å². The smallest absolute Gasteiger partial charge is 0.0813 e. The summed E-state index contributed by atoms with van der Waals surface area (Å²) in [6.45, 7) is 7.82. The van der Waals surface area contributed by atoms with Crippen molar-refractivity contribution in [3.05, 3.63) is 23.7 Å². The molecule has 0 atom stereocenters. The molecule has 2 nitrogen and oxygen atoms in total. The van der Waals surface area contributed by atoms with Gasteiger partial charge in [0.15, 0.2) is 0 Å². The number of aromatic nitrogens is 1. The standard InChI is InChI=1S/C13H18N2S/c1-13(2,3)6-7-14-10-4-5-11-12(8-10)16-9-15-11/h4-5,8-9,14H,6-7H2,1-3H3. The number of fused-ring (bicyclic) bond motifs is 1. The Balaban J connectivity index is 1.99. The fraction of sp³-hybridized carbons (Fsp3) is 0.462. The lowest BCUT2D eigenvalue weighted by atomic mass is 9.92. The number of rotatable bonds is 3. The second-order valence-electron chi connectivity index (χ2n) is 5.27. The molecule has 0 aliphatic heterocycles. The van der Waals surface area contributed by atoms with Gasteiger partial charge in [0.25, 0.3) is 0 Å². The van der Waals surface area contributed by atoms with Gasteiger partial charge in [-0.15, -0.1) is 11.3 Å². The third kappa shape index (κ3) is 2.95. The van der Waals surface area contributed by atoms with E-state index in [1.54, 1.807) is 11.3 Å². The first-order chi connectivity index (χ1) is 7.54. The number of hydrogen-bond acceptors (Lipinski definition) is 3. The van der Waals surface area contributed by atoms with Crippen molar-refractivity contribution < 1.29 is 0 Å². The molecule has 86 valence electrons. The van der Waals surface area contributed by atoms with Crippen molar-refractivity contribution in [3.8, 4) is 0 Å². The van der Waals surface area contributed by atoms with Gasteiger partial charge in [-0.25, -0.2) is 4.98 Å². The molecule has 0 aliphatic rings. The van der Waals surface area contributed by atoms with Gasteiger partial charge in [0.05, 0.1) is 15.7 Å². The first kappa shape index (κ1) is 11.4. The largest absolute Gasteiger partial charge is 0.385 e. The lowest BCUT2D eigenvalue weighted by Crippen LogP contribution is -2.12. The number of benzene rings is 1. The number of nitrogens with one attached hydrogen (secondary N) is 1. The number of anilines is 1. The quantitative estimate of drug-likeness (QED) is 0.863. The summed E-state index contributed by atoms with van der Waals surface area (Å²) in [5.41, 5.74) is 4.57. The highest BCUT2D eigenvalue weighted by atomic mass is 32.1. The van der Waals surface area contributed by atoms with Gasteiger partial charge in [-0.3, -0.25) is 0 Å². The van der Waals surface area contributed by atoms with Gasteiger partial charge in [0.1, 0.15) is 0 Å². The Labute approximate surface area is 101 Å². The van der Waals surface area contributed by atoms with E-state index in [0.717, 1.165) is 12.1 Å². The molecular formula is C13H18N2S. The second kappa shape index (κ2) is 4.42. The summed E-state index contributed by atoms with van der Waals surface area (Å²) in [5.74, 6) is 0. The Morgan fingerprint density at radius 1 is 1.31 bits per heavy atom. The van der Waals surface area contributed by atoms with E-state index in [1.165, 1.54) is 16.8 Å². The summed E-state index contributed by atoms with van der Waals surface area (Å²) in [7, 11) is 0. The molecule has 3 heteroatoms. The molecule has 0 spiro atoms. The molecule has 16 heavy (non-hydrogen) atoms. The van der Waals surface area contributed by atoms with Crippen LogP contribution in [0.1, 0.15) is 27.2 Å². The van der Waals surface area contributed by atoms with Crippen molar-refractivity contribution in [1.82, 2.24) is 4.98 Å². The van der Waals surface area contributed by atoms with Crippen LogP contribution in [0.25, 0.3) is 10.2 Å². The van der Waals surface area contributed by atoms with E-state index >= 15 is 0 Å². The van der Waals surface area contributed by atoms with E-state index < -0.39 is 0 Å². The zero-order valence-corrected chi connectivity index (χ0v) is 10.9. The Morgan fingerprint density at radius 2 is 2.12 bits per heavy atom. The maximum Gasteiger partial charge on any atom is 0.0813 e. The lowest BCUT2D eigenvalue weighted by molar-refractivity contribution is 0.390. The van der Waals surface area contributed by atoms with E-state index in [2.05, 4.69) is 49.3 Å². The van der Waals surface area contributed by atoms with E-state index in [-0.39, 0.29) is 0 Å². The summed E-state index contributed by atoms with van der Waals surface area (Å²) in [5, 5.41) is 3.46. The van der Waals surface area contributed by atoms with Crippen molar-refractivity contribution in [2.45, 2.75) is 27.2 Å². The molecule has 1 aromatic heterocycles. The molecule has 0 radical (unpaired) electrons. The number of nitrogens with zero attached hydrogens (tertiary/aromatic N) is 1. The van der Waals surface area contributed by atoms with Crippen LogP contribution >= 0.6 is 11.3 Å². The van der Waals surface area contributed by atoms with E-state index in [9.17, 15) is 0 Å². The second-order valence-corrected chi connectivity index (χ2v) is 6.16. The van der Waals surface area contributed by atoms with Crippen molar-refractivity contribution in [1.29, 1.82) is 0 Å². The molecule has 2 rings (SSSR count). The molecule has 0 bridgehead atoms. The summed E-state index contributed by atoms with van der Waals surface area (Å²) in [6, 6.07) is 6.35. The average Bonchev–Trinajstić information content (AvgIpc) is 2.62. The molecular weight excluding hydrogens is 216 g/mol. The van der Waals surface area contributed by atoms with Gasteiger partial charge in [-0.2, -0.15) is 0 Å². The van der Waals surface area contributed by atoms with Crippen LogP contribution in [0, 0.1) is 5.41 Å². The van der Waals surface area contributed by atoms with Gasteiger partial charge in [0.2, 0.25) is 0 Å². The fourth-order valence-corrected chi connectivity index (χ4v) is 2.26. The van der Waals surface area contributed by atoms with Crippen molar-refractivity contribution in [2.75, 3.05) is 11.9 Å². The molecule has 0 saturated heterocycles. The molecule has 0 unspecified atom stereocenters. The maximum absolute atomic E-state index is 4.27. The van der Waals surface area contributed by atoms with Crippen molar-refractivity contribution in [2.24, 2.45) is 5.41 Å². The zero-order chi connectivity index (χ0) is 11.6. The van der Waals surface area contributed by atoms with Gasteiger partial charge in [0, 0.05) is 12.2 Å². The molecule has 0 fully saturated rings. The minimum Gasteiger partial charge on any atom is -0.385 e. The van der Waals surface area contributed by atoms with E-state index in [1.807, 2.05) is 5.51 Å². The first-order valence-electron chi connectivity index (χ1n) is 5.62. The van der Waals surface area contributed by atoms with Crippen LogP contribution in [-0.4, -0.2) is 11.5 Å². The molecule has 0 amide bonds. The Hall–Kier alpha value is -1.09. The third-order valence-corrected chi connectivity index (χ3v) is 3.33. The number of hydrogen-bond donors (Lipinski definition) is 1. The van der Waals surface area contributed by atoms with Gasteiger partial charge in [-0.1, -0.05) is 20.8 Å². The van der Waals surface area contributed by atoms with E-state index in [4.69, 9.17) is 0 Å². The molecule has 1 aromatic carbocycles. The Bertz CT molecular complexity index is 468. The van der Waals surface area contributed by atoms with Crippen LogP contribution < -0.4 is 5.32 Å². The summed E-state index contributed by atoms with van der Waals surface area (Å²) < 4.78 is 1.25. The molecule has 1 N–H and O–H groups in total. The minimum atomic E-state index is 0.390. The van der Waals surface area contributed by atoms with Crippen LogP contribution in [0.4, 0.5) is 5.69 Å². The van der Waals surface area contributed by atoms with Crippen molar-refractivity contribution >= 4 is 27.2 Å². The highest BCUT2D eigenvalue weighted by Gasteiger charge is 2.09. The molecule has 1 heterocycles. The van der Waals surface area contributed by atoms with Crippen LogP contribution in [-0.2, 0) is 0 Å². The number of thiazole rings is 1. The SMILES string of the molecule is CC(C)(C)CCNc1ccc2ncsc2c1. The summed E-state index contributed by atoms with van der Waals surface area (Å²) >= 11 is 1.69. The maximum atomic E-state index is 4.27. The highest BCUT2D eigenvalue weighted by molar-refractivity contribution is 7.16. The topological polar surface area (TPSA) is 24.9 Å². The Kier molecular flexibility index (Phi) is 3.15. The summed E-state index contributed by atoms with van der Waals surface area (Å²) in [6.07, 6.45) is 1.17. The molecule has 0 aliphatic carbocycles. The predicted molar refractivity (Wildman–Crippen MR) is 72.2 cm³/mol. The lowest BCUT2D eigenvalue weighted by Gasteiger charge is -2.18.